The molecule has 2 N–H and O–H groups in total. The molecule has 0 aliphatic carbocycles. The first-order chi connectivity index (χ1) is 3.27. The molecule has 0 saturated carbocycles. The molecule has 0 heterocycles. The molecule has 0 spiro atoms. The van der Waals surface area contributed by atoms with Crippen molar-refractivity contribution in [2.45, 2.75) is 0 Å². The molecule has 1 atom stereocenters. The van der Waals surface area contributed by atoms with E-state index in [1.54, 1.807) is 7.05 Å². The van der Waals surface area contributed by atoms with Gasteiger partial charge in [0.25, 0.3) is 0 Å². The molecule has 0 aromatic rings. The van der Waals surface area contributed by atoms with Gasteiger partial charge in [0.05, 0.1) is 7.05 Å². The van der Waals surface area contributed by atoms with Gasteiger partial charge in [0.1, 0.15) is 0 Å². The third kappa shape index (κ3) is 5.84. The Morgan fingerprint density at radius 2 is 2.43 bits per heavy atom. The van der Waals surface area contributed by atoms with Gasteiger partial charge in [-0.1, -0.05) is 0 Å². The molecular weight excluding hydrogens is 96.0 g/mol. The molecule has 0 bridgehead atoms. The monoisotopic (exact) mass is 106 g/mol. The summed E-state index contributed by atoms with van der Waals surface area (Å²) in [7, 11) is 3.08. The van der Waals surface area contributed by atoms with Gasteiger partial charge in [-0.2, -0.15) is 4.84 Å². The highest BCUT2D eigenvalue weighted by Gasteiger charge is 1.80. The van der Waals surface area contributed by atoms with Crippen LogP contribution >= 0.6 is 0 Å². The number of hydrogen-bond acceptors (Lipinski definition) is 3. The van der Waals surface area contributed by atoms with Crippen LogP contribution in [0, 0.1) is 5.21 Å². The Bertz CT molecular complexity index is 39.9. The quantitative estimate of drug-likeness (QED) is 0.326. The lowest BCUT2D eigenvalue weighted by Gasteiger charge is -2.12. The summed E-state index contributed by atoms with van der Waals surface area (Å²) in [5.74, 6) is 0. The van der Waals surface area contributed by atoms with Crippen molar-refractivity contribution in [2.24, 2.45) is 0 Å². The van der Waals surface area contributed by atoms with Gasteiger partial charge in [0.2, 0.25) is 0 Å². The molecule has 0 radical (unpaired) electrons. The Hall–Kier alpha value is -0.160. The van der Waals surface area contributed by atoms with E-state index < -0.39 is 0 Å². The zero-order valence-electron chi connectivity index (χ0n) is 4.52. The Balaban J connectivity index is 2.68. The van der Waals surface area contributed by atoms with Crippen LogP contribution < -0.4 is 10.5 Å². The summed E-state index contributed by atoms with van der Waals surface area (Å²) in [6, 6.07) is 0. The van der Waals surface area contributed by atoms with Gasteiger partial charge in [0.15, 0.2) is 6.73 Å². The number of rotatable bonds is 3. The van der Waals surface area contributed by atoms with E-state index in [9.17, 15) is 5.21 Å². The third-order valence-corrected chi connectivity index (χ3v) is 0.420. The topological polar surface area (TPSA) is 48.8 Å². The molecular formula is C3H10N2O2. The highest BCUT2D eigenvalue weighted by atomic mass is 16.9. The fourth-order valence-electron chi connectivity index (χ4n) is 0.174. The second kappa shape index (κ2) is 4.01. The van der Waals surface area contributed by atoms with Crippen LogP contribution in [0.25, 0.3) is 0 Å². The Labute approximate surface area is 42.6 Å². The van der Waals surface area contributed by atoms with E-state index in [2.05, 4.69) is 10.2 Å². The van der Waals surface area contributed by atoms with Crippen molar-refractivity contribution < 1.29 is 10.1 Å². The number of quaternary nitrogens is 1. The maximum Gasteiger partial charge on any atom is 0.157 e. The Kier molecular flexibility index (Phi) is 3.92. The summed E-state index contributed by atoms with van der Waals surface area (Å²) in [6.07, 6.45) is 0. The lowest BCUT2D eigenvalue weighted by atomic mass is 11.2. The smallest absolute Gasteiger partial charge is 0.157 e. The minimum absolute atomic E-state index is 0.255. The summed E-state index contributed by atoms with van der Waals surface area (Å²) < 4.78 is 0. The number of hydroxylamine groups is 2. The van der Waals surface area contributed by atoms with Gasteiger partial charge in [-0.3, -0.25) is 5.32 Å². The lowest BCUT2D eigenvalue weighted by molar-refractivity contribution is -1.04. The molecule has 0 amide bonds. The average molecular weight is 106 g/mol. The Morgan fingerprint density at radius 3 is 2.57 bits per heavy atom. The molecule has 0 saturated heterocycles. The summed E-state index contributed by atoms with van der Waals surface area (Å²) in [4.78, 5) is 4.44. The molecule has 0 rings (SSSR count). The van der Waals surface area contributed by atoms with Gasteiger partial charge in [-0.05, 0) is 7.05 Å². The van der Waals surface area contributed by atoms with Crippen LogP contribution in [0.1, 0.15) is 0 Å². The van der Waals surface area contributed by atoms with Gasteiger partial charge >= 0.3 is 0 Å². The fraction of sp³-hybridized carbons (Fsp3) is 1.00. The molecule has 4 heteroatoms. The van der Waals surface area contributed by atoms with E-state index in [0.717, 1.165) is 0 Å². The summed E-state index contributed by atoms with van der Waals surface area (Å²) >= 11 is 0. The van der Waals surface area contributed by atoms with Crippen LogP contribution in [-0.2, 0) is 4.84 Å². The summed E-state index contributed by atoms with van der Waals surface area (Å²) in [5.41, 5.74) is 0. The van der Waals surface area contributed by atoms with Crippen molar-refractivity contribution in [3.8, 4) is 0 Å². The molecule has 0 aliphatic heterocycles. The molecule has 0 fully saturated rings. The molecule has 0 aromatic heterocycles. The first-order valence-electron chi connectivity index (χ1n) is 2.05. The van der Waals surface area contributed by atoms with Crippen molar-refractivity contribution >= 4 is 0 Å². The van der Waals surface area contributed by atoms with E-state index in [1.807, 2.05) is 0 Å². The first-order valence-corrected chi connectivity index (χ1v) is 2.05. The van der Waals surface area contributed by atoms with Crippen LogP contribution in [0.2, 0.25) is 0 Å². The molecule has 0 aliphatic rings. The van der Waals surface area contributed by atoms with E-state index in [-0.39, 0.29) is 5.23 Å². The van der Waals surface area contributed by atoms with Crippen molar-refractivity contribution in [1.82, 2.24) is 5.32 Å². The minimum atomic E-state index is -0.255. The molecule has 44 valence electrons. The first kappa shape index (κ1) is 6.84. The Morgan fingerprint density at radius 1 is 1.86 bits per heavy atom. The third-order valence-electron chi connectivity index (χ3n) is 0.420. The minimum Gasteiger partial charge on any atom is -0.600 e. The van der Waals surface area contributed by atoms with Crippen LogP contribution in [0.4, 0.5) is 0 Å². The van der Waals surface area contributed by atoms with Crippen molar-refractivity contribution in [1.29, 1.82) is 0 Å². The van der Waals surface area contributed by atoms with Crippen molar-refractivity contribution in [2.75, 3.05) is 20.8 Å². The van der Waals surface area contributed by atoms with Crippen LogP contribution in [0.3, 0.4) is 0 Å². The number of hydrogen-bond donors (Lipinski definition) is 2. The highest BCUT2D eigenvalue weighted by Crippen LogP contribution is 1.44. The normalized spacial score (nSPS) is 14.1. The van der Waals surface area contributed by atoms with Gasteiger partial charge in [-0.25, -0.2) is 5.23 Å². The maximum absolute atomic E-state index is 9.94. The van der Waals surface area contributed by atoms with Gasteiger partial charge < -0.3 is 5.21 Å². The molecule has 7 heavy (non-hydrogen) atoms. The van der Waals surface area contributed by atoms with Crippen LogP contribution in [0.5, 0.6) is 0 Å². The molecule has 0 aromatic carbocycles. The predicted molar refractivity (Wildman–Crippen MR) is 25.3 cm³/mol. The predicted octanol–water partition coefficient (Wildman–Crippen LogP) is -1.89. The summed E-state index contributed by atoms with van der Waals surface area (Å²) in [5, 5.41) is 12.3. The maximum atomic E-state index is 9.94. The van der Waals surface area contributed by atoms with E-state index >= 15 is 0 Å². The number of nitrogens with one attached hydrogen (secondary N) is 2. The average Bonchev–Trinajstić information content (AvgIpc) is 1.61. The van der Waals surface area contributed by atoms with Gasteiger partial charge in [0, 0.05) is 0 Å². The second-order valence-electron chi connectivity index (χ2n) is 1.13. The fourth-order valence-corrected chi connectivity index (χ4v) is 0.174. The lowest BCUT2D eigenvalue weighted by Crippen LogP contribution is -3.03. The molecule has 1 unspecified atom stereocenters. The van der Waals surface area contributed by atoms with Crippen molar-refractivity contribution in [3.63, 3.8) is 0 Å². The van der Waals surface area contributed by atoms with Crippen molar-refractivity contribution in [3.05, 3.63) is 5.21 Å². The summed E-state index contributed by atoms with van der Waals surface area (Å²) in [6.45, 7) is 0.301. The van der Waals surface area contributed by atoms with E-state index in [0.29, 0.717) is 6.73 Å². The second-order valence-corrected chi connectivity index (χ2v) is 1.13. The molecule has 4 nitrogen and oxygen atoms in total. The zero-order valence-corrected chi connectivity index (χ0v) is 4.52. The SMILES string of the molecule is CNCO[NH+](C)[O-]. The largest absolute Gasteiger partial charge is 0.600 e. The van der Waals surface area contributed by atoms with Gasteiger partial charge in [-0.15, -0.1) is 0 Å². The van der Waals surface area contributed by atoms with Crippen LogP contribution in [-0.4, -0.2) is 20.8 Å². The van der Waals surface area contributed by atoms with Crippen LogP contribution in [0.15, 0.2) is 0 Å². The standard InChI is InChI=1S/C3H10N2O2/c1-4-3-7-5(2)6/h4-5H,3H2,1-2H3. The highest BCUT2D eigenvalue weighted by molar-refractivity contribution is 4.06. The van der Waals surface area contributed by atoms with E-state index in [4.69, 9.17) is 0 Å². The zero-order chi connectivity index (χ0) is 5.70. The van der Waals surface area contributed by atoms with E-state index in [1.165, 1.54) is 7.05 Å².